The highest BCUT2D eigenvalue weighted by Crippen LogP contribution is 2.20. The molecule has 6 nitrogen and oxygen atoms in total. The van der Waals surface area contributed by atoms with Crippen LogP contribution >= 0.6 is 0 Å². The molecule has 0 unspecified atom stereocenters. The van der Waals surface area contributed by atoms with Crippen molar-refractivity contribution in [2.24, 2.45) is 5.11 Å². The van der Waals surface area contributed by atoms with Crippen LogP contribution in [0.3, 0.4) is 0 Å². The molecule has 1 aromatic carbocycles. The molecule has 90 valence electrons. The summed E-state index contributed by atoms with van der Waals surface area (Å²) in [5.41, 5.74) is 10.0. The van der Waals surface area contributed by atoms with Crippen LogP contribution < -0.4 is 0 Å². The van der Waals surface area contributed by atoms with Crippen LogP contribution in [-0.4, -0.2) is 22.6 Å². The number of carbonyl (C=O) groups is 1. The zero-order valence-corrected chi connectivity index (χ0v) is 9.37. The Morgan fingerprint density at radius 1 is 1.56 bits per heavy atom. The third-order valence-electron chi connectivity index (χ3n) is 2.50. The quantitative estimate of drug-likeness (QED) is 0.488. The molecule has 0 radical (unpaired) electrons. The van der Waals surface area contributed by atoms with Crippen molar-refractivity contribution in [3.8, 4) is 0 Å². The molecule has 1 heterocycles. The smallest absolute Gasteiger partial charge is 0.337 e. The van der Waals surface area contributed by atoms with Gasteiger partial charge in [0.15, 0.2) is 0 Å². The maximum absolute atomic E-state index is 11.0. The number of hydrogen-bond acceptors (Lipinski definition) is 2. The lowest BCUT2D eigenvalue weighted by Gasteiger charge is -1.96. The Hall–Kier alpha value is -2.72. The number of aromatic nitrogens is 1. The van der Waals surface area contributed by atoms with Crippen molar-refractivity contribution >= 4 is 22.9 Å². The molecule has 0 atom stereocenters. The van der Waals surface area contributed by atoms with Crippen molar-refractivity contribution in [2.45, 2.75) is 0 Å². The van der Waals surface area contributed by atoms with Crippen molar-refractivity contribution in [2.75, 3.05) is 6.54 Å². The Kier molecular flexibility index (Phi) is 3.31. The summed E-state index contributed by atoms with van der Waals surface area (Å²) < 4.78 is 0. The number of fused-ring (bicyclic) bond motifs is 1. The summed E-state index contributed by atoms with van der Waals surface area (Å²) in [7, 11) is 0. The Morgan fingerprint density at radius 2 is 2.39 bits per heavy atom. The molecule has 0 saturated carbocycles. The highest BCUT2D eigenvalue weighted by Gasteiger charge is 2.09. The number of nitrogens with one attached hydrogen (secondary N) is 1. The maximum Gasteiger partial charge on any atom is 0.337 e. The van der Waals surface area contributed by atoms with Gasteiger partial charge in [0.25, 0.3) is 0 Å². The summed E-state index contributed by atoms with van der Waals surface area (Å²) in [5, 5.41) is 13.1. The molecule has 0 fully saturated rings. The highest BCUT2D eigenvalue weighted by atomic mass is 16.4. The first-order chi connectivity index (χ1) is 8.72. The molecule has 0 aliphatic carbocycles. The van der Waals surface area contributed by atoms with E-state index in [0.29, 0.717) is 5.39 Å². The molecule has 6 heteroatoms. The minimum Gasteiger partial charge on any atom is -0.478 e. The lowest BCUT2D eigenvalue weighted by atomic mass is 10.1. The SMILES string of the molecule is [N-]=[N+]=NCC=Cc1ccc2[nH]cc(C(=O)O)c2c1. The van der Waals surface area contributed by atoms with Crippen LogP contribution in [0.2, 0.25) is 0 Å². The van der Waals surface area contributed by atoms with Crippen LogP contribution in [0.15, 0.2) is 35.6 Å². The average molecular weight is 242 g/mol. The number of rotatable bonds is 4. The van der Waals surface area contributed by atoms with E-state index in [1.54, 1.807) is 18.2 Å². The van der Waals surface area contributed by atoms with Crippen molar-refractivity contribution in [1.29, 1.82) is 0 Å². The predicted molar refractivity (Wildman–Crippen MR) is 68.3 cm³/mol. The second kappa shape index (κ2) is 5.07. The molecule has 1 aromatic heterocycles. The summed E-state index contributed by atoms with van der Waals surface area (Å²) in [5.74, 6) is -0.962. The lowest BCUT2D eigenvalue weighted by Crippen LogP contribution is -1.93. The number of azide groups is 1. The van der Waals surface area contributed by atoms with Gasteiger partial charge in [-0.3, -0.25) is 0 Å². The van der Waals surface area contributed by atoms with Gasteiger partial charge < -0.3 is 10.1 Å². The van der Waals surface area contributed by atoms with Gasteiger partial charge in [0.05, 0.1) is 5.56 Å². The van der Waals surface area contributed by atoms with Gasteiger partial charge in [0, 0.05) is 28.6 Å². The summed E-state index contributed by atoms with van der Waals surface area (Å²) in [4.78, 5) is 16.5. The van der Waals surface area contributed by atoms with Gasteiger partial charge in [-0.2, -0.15) is 0 Å². The molecule has 18 heavy (non-hydrogen) atoms. The topological polar surface area (TPSA) is 102 Å². The van der Waals surface area contributed by atoms with E-state index in [1.165, 1.54) is 6.20 Å². The third kappa shape index (κ3) is 2.34. The fraction of sp³-hybridized carbons (Fsp3) is 0.0833. The van der Waals surface area contributed by atoms with Gasteiger partial charge in [-0.05, 0) is 23.2 Å². The summed E-state index contributed by atoms with van der Waals surface area (Å²) in [6.07, 6.45) is 4.97. The molecule has 0 saturated heterocycles. The van der Waals surface area contributed by atoms with Crippen LogP contribution in [0.4, 0.5) is 0 Å². The molecule has 0 aliphatic heterocycles. The van der Waals surface area contributed by atoms with Gasteiger partial charge in [0.2, 0.25) is 0 Å². The molecule has 0 bridgehead atoms. The van der Waals surface area contributed by atoms with Gasteiger partial charge in [-0.25, -0.2) is 4.79 Å². The second-order valence-electron chi connectivity index (χ2n) is 3.63. The predicted octanol–water partition coefficient (Wildman–Crippen LogP) is 3.19. The summed E-state index contributed by atoms with van der Waals surface area (Å²) in [6, 6.07) is 5.45. The minimum absolute atomic E-state index is 0.246. The van der Waals surface area contributed by atoms with Crippen LogP contribution in [0.5, 0.6) is 0 Å². The standard InChI is InChI=1S/C12H10N4O2/c13-16-15-5-1-2-8-3-4-11-9(6-8)10(7-14-11)12(17)18/h1-4,6-7,14H,5H2,(H,17,18). The second-order valence-corrected chi connectivity index (χ2v) is 3.63. The van der Waals surface area contributed by atoms with E-state index in [4.69, 9.17) is 10.6 Å². The van der Waals surface area contributed by atoms with Gasteiger partial charge >= 0.3 is 5.97 Å². The van der Waals surface area contributed by atoms with E-state index in [-0.39, 0.29) is 12.1 Å². The minimum atomic E-state index is -0.962. The Balaban J connectivity index is 2.36. The van der Waals surface area contributed by atoms with Crippen LogP contribution in [0.1, 0.15) is 15.9 Å². The lowest BCUT2D eigenvalue weighted by molar-refractivity contribution is 0.0699. The van der Waals surface area contributed by atoms with Gasteiger partial charge in [-0.15, -0.1) is 0 Å². The number of carboxylic acid groups (broad SMARTS) is 1. The molecule has 2 N–H and O–H groups in total. The highest BCUT2D eigenvalue weighted by molar-refractivity contribution is 6.03. The van der Waals surface area contributed by atoms with E-state index >= 15 is 0 Å². The molecule has 0 spiro atoms. The molecule has 2 aromatic rings. The number of aromatic carboxylic acids is 1. The number of carboxylic acids is 1. The molecule has 2 rings (SSSR count). The van der Waals surface area contributed by atoms with E-state index in [1.807, 2.05) is 12.1 Å². The van der Waals surface area contributed by atoms with E-state index in [9.17, 15) is 4.79 Å². The third-order valence-corrected chi connectivity index (χ3v) is 2.50. The largest absolute Gasteiger partial charge is 0.478 e. The molecule has 0 aliphatic rings. The van der Waals surface area contributed by atoms with Crippen molar-refractivity contribution in [3.05, 3.63) is 52.0 Å². The molecular weight excluding hydrogens is 232 g/mol. The van der Waals surface area contributed by atoms with E-state index in [2.05, 4.69) is 15.0 Å². The first-order valence-electron chi connectivity index (χ1n) is 5.24. The Bertz CT molecular complexity index is 666. The first kappa shape index (κ1) is 11.8. The maximum atomic E-state index is 11.0. The van der Waals surface area contributed by atoms with Crippen molar-refractivity contribution < 1.29 is 9.90 Å². The number of aromatic amines is 1. The van der Waals surface area contributed by atoms with Crippen molar-refractivity contribution in [3.63, 3.8) is 0 Å². The average Bonchev–Trinajstić information content (AvgIpc) is 2.77. The zero-order chi connectivity index (χ0) is 13.0. The number of benzene rings is 1. The number of nitrogens with zero attached hydrogens (tertiary/aromatic N) is 3. The van der Waals surface area contributed by atoms with Crippen LogP contribution in [-0.2, 0) is 0 Å². The van der Waals surface area contributed by atoms with Gasteiger partial charge in [-0.1, -0.05) is 23.3 Å². The monoisotopic (exact) mass is 242 g/mol. The van der Waals surface area contributed by atoms with Crippen LogP contribution in [0.25, 0.3) is 27.4 Å². The summed E-state index contributed by atoms with van der Waals surface area (Å²) in [6.45, 7) is 0.271. The van der Waals surface area contributed by atoms with E-state index < -0.39 is 5.97 Å². The molecule has 0 amide bonds. The molecular formula is C12H10N4O2. The Morgan fingerprint density at radius 3 is 3.11 bits per heavy atom. The number of hydrogen-bond donors (Lipinski definition) is 2. The van der Waals surface area contributed by atoms with Gasteiger partial charge in [0.1, 0.15) is 0 Å². The normalized spacial score (nSPS) is 10.7. The first-order valence-corrected chi connectivity index (χ1v) is 5.24. The fourth-order valence-electron chi connectivity index (χ4n) is 1.69. The van der Waals surface area contributed by atoms with Crippen LogP contribution in [0, 0.1) is 0 Å². The zero-order valence-electron chi connectivity index (χ0n) is 9.37. The summed E-state index contributed by atoms with van der Waals surface area (Å²) >= 11 is 0. The van der Waals surface area contributed by atoms with E-state index in [0.717, 1.165) is 11.1 Å². The number of H-pyrrole nitrogens is 1. The fourth-order valence-corrected chi connectivity index (χ4v) is 1.69. The Labute approximate surface area is 102 Å². The van der Waals surface area contributed by atoms with Crippen molar-refractivity contribution in [1.82, 2.24) is 4.98 Å².